The molecule has 0 saturated heterocycles. The number of carbonyl (C=O) groups excluding carboxylic acids is 1. The van der Waals surface area contributed by atoms with Crippen LogP contribution in [0.4, 0.5) is 5.69 Å². The number of ether oxygens (including phenoxy) is 2. The average molecular weight is 466 g/mol. The molecular formula is C26H31N3O5. The van der Waals surface area contributed by atoms with Gasteiger partial charge in [0.1, 0.15) is 30.0 Å². The molecule has 8 nitrogen and oxygen atoms in total. The number of carbonyl (C=O) groups is 1. The van der Waals surface area contributed by atoms with Gasteiger partial charge in [-0.1, -0.05) is 31.2 Å². The smallest absolute Gasteiger partial charge is 0.252 e. The van der Waals surface area contributed by atoms with Crippen LogP contribution in [0.25, 0.3) is 0 Å². The van der Waals surface area contributed by atoms with Crippen molar-refractivity contribution in [2.45, 2.75) is 25.5 Å². The van der Waals surface area contributed by atoms with Gasteiger partial charge in [-0.15, -0.1) is 0 Å². The number of phenols is 1. The molecule has 2 atom stereocenters. The molecule has 0 aliphatic carbocycles. The molecule has 0 aromatic heterocycles. The van der Waals surface area contributed by atoms with Crippen molar-refractivity contribution in [2.24, 2.45) is 5.73 Å². The molecule has 0 spiro atoms. The lowest BCUT2D eigenvalue weighted by Gasteiger charge is -2.19. The van der Waals surface area contributed by atoms with Crippen molar-refractivity contribution in [3.05, 3.63) is 83.4 Å². The van der Waals surface area contributed by atoms with Crippen LogP contribution >= 0.6 is 0 Å². The van der Waals surface area contributed by atoms with E-state index in [1.54, 1.807) is 30.3 Å². The summed E-state index contributed by atoms with van der Waals surface area (Å²) in [6.45, 7) is 3.55. The summed E-state index contributed by atoms with van der Waals surface area (Å²) in [6, 6.07) is 19.5. The Morgan fingerprint density at radius 1 is 1.00 bits per heavy atom. The Morgan fingerprint density at radius 3 is 2.38 bits per heavy atom. The number of hydrogen-bond donors (Lipinski definition) is 5. The Kier molecular flexibility index (Phi) is 8.73. The van der Waals surface area contributed by atoms with E-state index in [9.17, 15) is 15.0 Å². The zero-order valence-corrected chi connectivity index (χ0v) is 19.1. The van der Waals surface area contributed by atoms with Crippen molar-refractivity contribution in [1.82, 2.24) is 5.32 Å². The maximum atomic E-state index is 11.3. The largest absolute Gasteiger partial charge is 0.507 e. The third-order valence-electron chi connectivity index (χ3n) is 5.34. The molecular weight excluding hydrogens is 434 g/mol. The van der Waals surface area contributed by atoms with Crippen LogP contribution in [0.5, 0.6) is 17.2 Å². The zero-order valence-electron chi connectivity index (χ0n) is 19.1. The predicted molar refractivity (Wildman–Crippen MR) is 131 cm³/mol. The first kappa shape index (κ1) is 24.9. The number of nitrogen functional groups attached to an aromatic ring is 1. The molecule has 3 rings (SSSR count). The second-order valence-corrected chi connectivity index (χ2v) is 8.12. The van der Waals surface area contributed by atoms with Gasteiger partial charge >= 0.3 is 0 Å². The molecule has 3 aromatic rings. The molecule has 8 heteroatoms. The van der Waals surface area contributed by atoms with Crippen LogP contribution < -0.4 is 26.3 Å². The van der Waals surface area contributed by atoms with Crippen molar-refractivity contribution < 1.29 is 24.5 Å². The fourth-order valence-electron chi connectivity index (χ4n) is 3.49. The van der Waals surface area contributed by atoms with Crippen LogP contribution in [0.1, 0.15) is 34.3 Å². The van der Waals surface area contributed by atoms with Gasteiger partial charge in [-0.2, -0.15) is 0 Å². The van der Waals surface area contributed by atoms with E-state index < -0.39 is 12.0 Å². The fraction of sp³-hybridized carbons (Fsp3) is 0.269. The number of hydrogen-bond acceptors (Lipinski definition) is 7. The van der Waals surface area contributed by atoms with E-state index in [1.807, 2.05) is 31.2 Å². The molecule has 0 aliphatic heterocycles. The van der Waals surface area contributed by atoms with Crippen molar-refractivity contribution in [3.63, 3.8) is 0 Å². The minimum absolute atomic E-state index is 0.0536. The molecule has 0 fully saturated rings. The molecule has 34 heavy (non-hydrogen) atoms. The van der Waals surface area contributed by atoms with Crippen LogP contribution in [0, 0.1) is 0 Å². The van der Waals surface area contributed by atoms with Crippen LogP contribution in [-0.2, 0) is 6.54 Å². The number of nitrogens with one attached hydrogen (secondary N) is 1. The van der Waals surface area contributed by atoms with Gasteiger partial charge in [-0.05, 0) is 47.5 Å². The van der Waals surface area contributed by atoms with Gasteiger partial charge in [0.15, 0.2) is 0 Å². The van der Waals surface area contributed by atoms with E-state index in [0.29, 0.717) is 36.9 Å². The van der Waals surface area contributed by atoms with Gasteiger partial charge in [0, 0.05) is 30.8 Å². The summed E-state index contributed by atoms with van der Waals surface area (Å²) in [4.78, 5) is 11.3. The van der Waals surface area contributed by atoms with E-state index in [2.05, 4.69) is 5.32 Å². The highest BCUT2D eigenvalue weighted by atomic mass is 16.5. The summed E-state index contributed by atoms with van der Waals surface area (Å²) in [6.07, 6.45) is -0.665. The molecule has 7 N–H and O–H groups in total. The summed E-state index contributed by atoms with van der Waals surface area (Å²) in [5.41, 5.74) is 13.8. The topological polar surface area (TPSA) is 140 Å². The summed E-state index contributed by atoms with van der Waals surface area (Å²) in [5, 5.41) is 23.4. The van der Waals surface area contributed by atoms with E-state index >= 15 is 0 Å². The first-order chi connectivity index (χ1) is 16.3. The first-order valence-corrected chi connectivity index (χ1v) is 11.0. The van der Waals surface area contributed by atoms with Crippen molar-refractivity contribution in [1.29, 1.82) is 0 Å². The Labute approximate surface area is 199 Å². The van der Waals surface area contributed by atoms with Crippen LogP contribution in [0.2, 0.25) is 0 Å². The Hall–Kier alpha value is -3.75. The summed E-state index contributed by atoms with van der Waals surface area (Å²) >= 11 is 0. The number of aliphatic hydroxyl groups excluding tert-OH is 1. The Morgan fingerprint density at radius 2 is 1.68 bits per heavy atom. The molecule has 3 aromatic carbocycles. The van der Waals surface area contributed by atoms with Gasteiger partial charge in [-0.25, -0.2) is 0 Å². The van der Waals surface area contributed by atoms with E-state index in [0.717, 1.165) is 11.1 Å². The van der Waals surface area contributed by atoms with E-state index in [1.165, 1.54) is 12.1 Å². The number of aliphatic hydroxyl groups is 1. The van der Waals surface area contributed by atoms with Gasteiger partial charge in [0.25, 0.3) is 5.91 Å². The third kappa shape index (κ3) is 7.13. The van der Waals surface area contributed by atoms with Gasteiger partial charge < -0.3 is 36.5 Å². The van der Waals surface area contributed by atoms with Crippen LogP contribution in [0.15, 0.2) is 66.7 Å². The highest BCUT2D eigenvalue weighted by Crippen LogP contribution is 2.26. The highest BCUT2D eigenvalue weighted by molar-refractivity contribution is 5.95. The van der Waals surface area contributed by atoms with Crippen LogP contribution in [-0.4, -0.2) is 42.0 Å². The number of aromatic hydroxyl groups is 1. The fourth-order valence-corrected chi connectivity index (χ4v) is 3.49. The Balaban J connectivity index is 1.49. The number of benzene rings is 3. The number of amides is 1. The second kappa shape index (κ2) is 11.9. The molecule has 0 radical (unpaired) electrons. The monoisotopic (exact) mass is 465 g/mol. The molecule has 2 unspecified atom stereocenters. The second-order valence-electron chi connectivity index (χ2n) is 8.12. The minimum Gasteiger partial charge on any atom is -0.507 e. The van der Waals surface area contributed by atoms with Crippen molar-refractivity contribution in [3.8, 4) is 17.2 Å². The number of anilines is 1. The third-order valence-corrected chi connectivity index (χ3v) is 5.34. The SMILES string of the molecule is CC(COc1ccc(C(N)=O)c(O)c1)c1ccccc1CNCC(O)COc1ccc(N)cc1. The summed E-state index contributed by atoms with van der Waals surface area (Å²) < 4.78 is 11.4. The van der Waals surface area contributed by atoms with E-state index in [-0.39, 0.29) is 23.8 Å². The van der Waals surface area contributed by atoms with Gasteiger partial charge in [0.2, 0.25) is 0 Å². The average Bonchev–Trinajstić information content (AvgIpc) is 2.82. The lowest BCUT2D eigenvalue weighted by atomic mass is 9.96. The standard InChI is InChI=1S/C26H31N3O5/c1-17(15-33-22-10-11-24(26(28)32)25(31)12-22)23-5-3-2-4-18(23)13-29-14-20(30)16-34-21-8-6-19(27)7-9-21/h2-12,17,20,29-31H,13-16,27H2,1H3,(H2,28,32). The molecule has 0 bridgehead atoms. The molecule has 0 aliphatic rings. The van der Waals surface area contributed by atoms with Crippen molar-refractivity contribution in [2.75, 3.05) is 25.5 Å². The highest BCUT2D eigenvalue weighted by Gasteiger charge is 2.14. The lowest BCUT2D eigenvalue weighted by Crippen LogP contribution is -2.31. The van der Waals surface area contributed by atoms with E-state index in [4.69, 9.17) is 20.9 Å². The zero-order chi connectivity index (χ0) is 24.5. The molecule has 0 saturated carbocycles. The number of nitrogens with two attached hydrogens (primary N) is 2. The number of rotatable bonds is 12. The molecule has 1 amide bonds. The number of primary amides is 1. The van der Waals surface area contributed by atoms with Crippen LogP contribution in [0.3, 0.4) is 0 Å². The first-order valence-electron chi connectivity index (χ1n) is 11.0. The summed E-state index contributed by atoms with van der Waals surface area (Å²) in [5.74, 6) is 0.274. The molecule has 0 heterocycles. The maximum Gasteiger partial charge on any atom is 0.252 e. The van der Waals surface area contributed by atoms with Gasteiger partial charge in [-0.3, -0.25) is 4.79 Å². The van der Waals surface area contributed by atoms with Crippen molar-refractivity contribution >= 4 is 11.6 Å². The lowest BCUT2D eigenvalue weighted by molar-refractivity contribution is 0.0997. The van der Waals surface area contributed by atoms with Gasteiger partial charge in [0.05, 0.1) is 12.2 Å². The molecule has 180 valence electrons. The quantitative estimate of drug-likeness (QED) is 0.259. The Bertz CT molecular complexity index is 1090. The predicted octanol–water partition coefficient (Wildman–Crippen LogP) is 2.79. The maximum absolute atomic E-state index is 11.3. The minimum atomic E-state index is -0.694. The summed E-state index contributed by atoms with van der Waals surface area (Å²) in [7, 11) is 0. The normalized spacial score (nSPS) is 12.6.